The van der Waals surface area contributed by atoms with E-state index in [4.69, 9.17) is 14.5 Å². The standard InChI is InChI=1S/C28H34N4O3S/c33-27(23-3-1-5-24-22(23)4-2-13-29-24)30-20-8-6-19(7-9-20)10-14-32-15-11-26-25(17-32)31-28(36-26)35-21-12-16-34-18-21/h1-5,13,19-21H,6-12,14-18H2,(H,30,33)/t19-,20-,21-/m0/s1. The number of benzene rings is 1. The largest absolute Gasteiger partial charge is 0.464 e. The minimum atomic E-state index is 0.0215. The van der Waals surface area contributed by atoms with E-state index in [1.54, 1.807) is 17.5 Å². The first-order valence-electron chi connectivity index (χ1n) is 13.3. The molecule has 7 nitrogen and oxygen atoms in total. The number of carbonyl (C=O) groups excluding carboxylic acids is 1. The highest BCUT2D eigenvalue weighted by Crippen LogP contribution is 2.32. The van der Waals surface area contributed by atoms with Crippen LogP contribution in [0.2, 0.25) is 0 Å². The van der Waals surface area contributed by atoms with Gasteiger partial charge in [0.05, 0.1) is 24.4 Å². The third kappa shape index (κ3) is 5.41. The lowest BCUT2D eigenvalue weighted by Crippen LogP contribution is -2.38. The number of ether oxygens (including phenoxy) is 2. The van der Waals surface area contributed by atoms with Crippen LogP contribution >= 0.6 is 11.3 Å². The molecule has 0 unspecified atom stereocenters. The quantitative estimate of drug-likeness (QED) is 0.505. The zero-order valence-electron chi connectivity index (χ0n) is 20.7. The van der Waals surface area contributed by atoms with Crippen molar-refractivity contribution in [2.24, 2.45) is 5.92 Å². The van der Waals surface area contributed by atoms with E-state index in [2.05, 4.69) is 15.2 Å². The Kier molecular flexibility index (Phi) is 7.16. The predicted molar refractivity (Wildman–Crippen MR) is 141 cm³/mol. The summed E-state index contributed by atoms with van der Waals surface area (Å²) in [6.07, 6.45) is 9.66. The molecule has 2 fully saturated rings. The number of hydrogen-bond acceptors (Lipinski definition) is 7. The second-order valence-corrected chi connectivity index (χ2v) is 11.4. The van der Waals surface area contributed by atoms with E-state index in [0.29, 0.717) is 6.61 Å². The van der Waals surface area contributed by atoms with Crippen molar-refractivity contribution in [3.63, 3.8) is 0 Å². The summed E-state index contributed by atoms with van der Waals surface area (Å²) >= 11 is 1.72. The summed E-state index contributed by atoms with van der Waals surface area (Å²) < 4.78 is 11.5. The van der Waals surface area contributed by atoms with Crippen LogP contribution in [0.1, 0.15) is 59.5 Å². The van der Waals surface area contributed by atoms with Crippen LogP contribution in [0.15, 0.2) is 36.5 Å². The van der Waals surface area contributed by atoms with Gasteiger partial charge in [0.15, 0.2) is 0 Å². The second kappa shape index (κ2) is 10.8. The molecule has 36 heavy (non-hydrogen) atoms. The fourth-order valence-electron chi connectivity index (χ4n) is 5.74. The minimum absolute atomic E-state index is 0.0215. The normalized spacial score (nSPS) is 24.5. The van der Waals surface area contributed by atoms with Gasteiger partial charge in [0.1, 0.15) is 6.10 Å². The van der Waals surface area contributed by atoms with Crippen molar-refractivity contribution in [1.82, 2.24) is 20.2 Å². The number of aromatic nitrogens is 2. The van der Waals surface area contributed by atoms with Gasteiger partial charge in [-0.05, 0) is 69.2 Å². The molecule has 1 aliphatic carbocycles. The second-order valence-electron chi connectivity index (χ2n) is 10.3. The molecule has 1 amide bonds. The first-order chi connectivity index (χ1) is 17.7. The van der Waals surface area contributed by atoms with E-state index in [0.717, 1.165) is 79.5 Å². The van der Waals surface area contributed by atoms with Gasteiger partial charge < -0.3 is 14.8 Å². The number of thiazole rings is 1. The van der Waals surface area contributed by atoms with Crippen molar-refractivity contribution in [2.75, 3.05) is 26.3 Å². The maximum absolute atomic E-state index is 13.0. The van der Waals surface area contributed by atoms with Crippen LogP contribution in [0.5, 0.6) is 5.19 Å². The van der Waals surface area contributed by atoms with Crippen molar-refractivity contribution in [3.05, 3.63) is 52.7 Å². The molecule has 8 heteroatoms. The van der Waals surface area contributed by atoms with Crippen molar-refractivity contribution in [1.29, 1.82) is 0 Å². The van der Waals surface area contributed by atoms with E-state index >= 15 is 0 Å². The summed E-state index contributed by atoms with van der Waals surface area (Å²) in [4.78, 5) is 26.1. The fraction of sp³-hybridized carbons (Fsp3) is 0.536. The molecule has 0 bridgehead atoms. The van der Waals surface area contributed by atoms with Crippen molar-refractivity contribution in [3.8, 4) is 5.19 Å². The molecule has 1 aromatic carbocycles. The van der Waals surface area contributed by atoms with Crippen LogP contribution in [-0.4, -0.2) is 59.2 Å². The smallest absolute Gasteiger partial charge is 0.274 e. The highest BCUT2D eigenvalue weighted by atomic mass is 32.1. The van der Waals surface area contributed by atoms with E-state index in [1.165, 1.54) is 29.8 Å². The Labute approximate surface area is 216 Å². The van der Waals surface area contributed by atoms with Gasteiger partial charge in [0.25, 0.3) is 11.1 Å². The Hall–Kier alpha value is -2.55. The van der Waals surface area contributed by atoms with E-state index in [1.807, 2.05) is 30.3 Å². The SMILES string of the molecule is O=C(N[C@H]1CC[C@H](CCN2CCc3sc(O[C@H]4CCOC4)nc3C2)CC1)c1cccc2ncccc12. The Balaban J connectivity index is 0.952. The number of amides is 1. The summed E-state index contributed by atoms with van der Waals surface area (Å²) in [5.41, 5.74) is 2.79. The van der Waals surface area contributed by atoms with Gasteiger partial charge in [-0.2, -0.15) is 0 Å². The molecule has 1 N–H and O–H groups in total. The molecular weight excluding hydrogens is 472 g/mol. The van der Waals surface area contributed by atoms with Crippen LogP contribution < -0.4 is 10.1 Å². The van der Waals surface area contributed by atoms with Gasteiger partial charge in [-0.15, -0.1) is 0 Å². The molecular formula is C28H34N4O3S. The van der Waals surface area contributed by atoms with Crippen LogP contribution in [0.25, 0.3) is 10.9 Å². The maximum atomic E-state index is 13.0. The zero-order valence-corrected chi connectivity index (χ0v) is 21.5. The summed E-state index contributed by atoms with van der Waals surface area (Å²) in [7, 11) is 0. The Morgan fingerprint density at radius 1 is 1.17 bits per heavy atom. The molecule has 1 atom stereocenters. The molecule has 1 saturated carbocycles. The lowest BCUT2D eigenvalue weighted by Gasteiger charge is -2.32. The van der Waals surface area contributed by atoms with Gasteiger partial charge in [0.2, 0.25) is 0 Å². The molecule has 4 heterocycles. The van der Waals surface area contributed by atoms with Crippen LogP contribution in [0, 0.1) is 5.92 Å². The molecule has 3 aromatic rings. The minimum Gasteiger partial charge on any atom is -0.464 e. The Morgan fingerprint density at radius 3 is 2.94 bits per heavy atom. The number of pyridine rings is 1. The zero-order chi connectivity index (χ0) is 24.3. The van der Waals surface area contributed by atoms with Gasteiger partial charge in [-0.3, -0.25) is 14.7 Å². The summed E-state index contributed by atoms with van der Waals surface area (Å²) in [6.45, 7) is 4.63. The lowest BCUT2D eigenvalue weighted by molar-refractivity contribution is 0.0921. The number of carbonyl (C=O) groups is 1. The summed E-state index contributed by atoms with van der Waals surface area (Å²) in [6, 6.07) is 9.89. The molecule has 0 spiro atoms. The molecule has 2 aliphatic heterocycles. The van der Waals surface area contributed by atoms with Gasteiger partial charge in [-0.25, -0.2) is 4.98 Å². The molecule has 2 aromatic heterocycles. The number of rotatable bonds is 7. The first kappa shape index (κ1) is 23.8. The lowest BCUT2D eigenvalue weighted by atomic mass is 9.84. The summed E-state index contributed by atoms with van der Waals surface area (Å²) in [5.74, 6) is 0.756. The number of nitrogens with one attached hydrogen (secondary N) is 1. The monoisotopic (exact) mass is 506 g/mol. The Morgan fingerprint density at radius 2 is 2.08 bits per heavy atom. The fourth-order valence-corrected chi connectivity index (χ4v) is 6.72. The highest BCUT2D eigenvalue weighted by Gasteiger charge is 2.27. The van der Waals surface area contributed by atoms with E-state index < -0.39 is 0 Å². The Bertz CT molecular complexity index is 1200. The molecule has 6 rings (SSSR count). The number of fused-ring (bicyclic) bond motifs is 2. The van der Waals surface area contributed by atoms with Gasteiger partial charge >= 0.3 is 0 Å². The molecule has 190 valence electrons. The first-order valence-corrected chi connectivity index (χ1v) is 14.1. The van der Waals surface area contributed by atoms with E-state index in [9.17, 15) is 4.79 Å². The maximum Gasteiger partial charge on any atom is 0.274 e. The number of nitrogens with zero attached hydrogens (tertiary/aromatic N) is 3. The predicted octanol–water partition coefficient (Wildman–Crippen LogP) is 4.60. The average molecular weight is 507 g/mol. The average Bonchev–Trinajstić information content (AvgIpc) is 3.57. The van der Waals surface area contributed by atoms with Gasteiger partial charge in [-0.1, -0.05) is 23.5 Å². The topological polar surface area (TPSA) is 76.6 Å². The third-order valence-electron chi connectivity index (χ3n) is 7.87. The highest BCUT2D eigenvalue weighted by molar-refractivity contribution is 7.13. The molecule has 3 aliphatic rings. The van der Waals surface area contributed by atoms with E-state index in [-0.39, 0.29) is 18.1 Å². The third-order valence-corrected chi connectivity index (χ3v) is 8.92. The molecule has 1 saturated heterocycles. The van der Waals surface area contributed by atoms with Crippen LogP contribution in [0.4, 0.5) is 0 Å². The summed E-state index contributed by atoms with van der Waals surface area (Å²) in [5, 5.41) is 5.02. The van der Waals surface area contributed by atoms with Crippen LogP contribution in [-0.2, 0) is 17.7 Å². The van der Waals surface area contributed by atoms with Crippen LogP contribution in [0.3, 0.4) is 0 Å². The van der Waals surface area contributed by atoms with Gasteiger partial charge in [0, 0.05) is 47.6 Å². The van der Waals surface area contributed by atoms with Crippen molar-refractivity contribution >= 4 is 28.1 Å². The van der Waals surface area contributed by atoms with Crippen molar-refractivity contribution < 1.29 is 14.3 Å². The van der Waals surface area contributed by atoms with Crippen molar-refractivity contribution in [2.45, 2.75) is 63.6 Å². The molecule has 0 radical (unpaired) electrons. The number of hydrogen-bond donors (Lipinski definition) is 1.